The number of primary amides is 1. The predicted molar refractivity (Wildman–Crippen MR) is 70.8 cm³/mol. The number of carbonyl (C=O) groups is 3. The first-order chi connectivity index (χ1) is 9.38. The number of nitrogens with two attached hydrogens (primary N) is 1. The maximum atomic E-state index is 12.4. The van der Waals surface area contributed by atoms with Crippen LogP contribution in [0.15, 0.2) is 0 Å². The SMILES string of the molecule is CN(CC(N)=O)C(=O)N1C2CCC1CC(CC(=O)O)C2. The van der Waals surface area contributed by atoms with Crippen LogP contribution >= 0.6 is 0 Å². The fourth-order valence-corrected chi connectivity index (χ4v) is 3.51. The van der Waals surface area contributed by atoms with Crippen LogP contribution < -0.4 is 5.73 Å². The highest BCUT2D eigenvalue weighted by molar-refractivity contribution is 5.83. The smallest absolute Gasteiger partial charge is 0.320 e. The highest BCUT2D eigenvalue weighted by atomic mass is 16.4. The minimum absolute atomic E-state index is 0.0900. The third-order valence-corrected chi connectivity index (χ3v) is 4.23. The number of amides is 3. The van der Waals surface area contributed by atoms with Gasteiger partial charge in [0.05, 0.1) is 0 Å². The highest BCUT2D eigenvalue weighted by Crippen LogP contribution is 2.40. The van der Waals surface area contributed by atoms with Gasteiger partial charge in [0.1, 0.15) is 6.54 Å². The van der Waals surface area contributed by atoms with Crippen LogP contribution in [0.2, 0.25) is 0 Å². The fraction of sp³-hybridized carbons (Fsp3) is 0.769. The number of nitrogens with zero attached hydrogens (tertiary/aromatic N) is 2. The summed E-state index contributed by atoms with van der Waals surface area (Å²) >= 11 is 0. The molecule has 2 unspecified atom stereocenters. The van der Waals surface area contributed by atoms with Gasteiger partial charge in [0.15, 0.2) is 0 Å². The molecule has 0 aromatic rings. The molecule has 0 aliphatic carbocycles. The average Bonchev–Trinajstić information content (AvgIpc) is 2.58. The topological polar surface area (TPSA) is 104 Å². The van der Waals surface area contributed by atoms with Crippen molar-refractivity contribution in [2.24, 2.45) is 11.7 Å². The van der Waals surface area contributed by atoms with Crippen LogP contribution in [0.5, 0.6) is 0 Å². The molecule has 0 radical (unpaired) electrons. The maximum Gasteiger partial charge on any atom is 0.320 e. The minimum atomic E-state index is -0.778. The zero-order valence-electron chi connectivity index (χ0n) is 11.6. The van der Waals surface area contributed by atoms with Crippen molar-refractivity contribution in [2.75, 3.05) is 13.6 Å². The fourth-order valence-electron chi connectivity index (χ4n) is 3.51. The molecule has 2 aliphatic rings. The lowest BCUT2D eigenvalue weighted by molar-refractivity contribution is -0.138. The van der Waals surface area contributed by atoms with Gasteiger partial charge in [0, 0.05) is 25.6 Å². The molecule has 2 heterocycles. The van der Waals surface area contributed by atoms with Crippen molar-refractivity contribution in [1.82, 2.24) is 9.80 Å². The minimum Gasteiger partial charge on any atom is -0.481 e. The standard InChI is InChI=1S/C13H21N3O4/c1-15(7-11(14)17)13(20)16-9-2-3-10(16)5-8(4-9)6-12(18)19/h8-10H,2-7H2,1H3,(H2,14,17)(H,18,19). The summed E-state index contributed by atoms with van der Waals surface area (Å²) in [6, 6.07) is 0.0203. The number of hydrogen-bond donors (Lipinski definition) is 2. The second-order valence-electron chi connectivity index (χ2n) is 5.83. The molecule has 112 valence electrons. The summed E-state index contributed by atoms with van der Waals surface area (Å²) in [6.07, 6.45) is 3.47. The van der Waals surface area contributed by atoms with Gasteiger partial charge in [-0.1, -0.05) is 0 Å². The number of likely N-dealkylation sites (N-methyl/N-ethyl adjacent to an activating group) is 1. The Morgan fingerprint density at radius 3 is 2.25 bits per heavy atom. The van der Waals surface area contributed by atoms with E-state index in [0.29, 0.717) is 0 Å². The molecular formula is C13H21N3O4. The molecule has 2 bridgehead atoms. The summed E-state index contributed by atoms with van der Waals surface area (Å²) in [4.78, 5) is 37.2. The van der Waals surface area contributed by atoms with Crippen molar-refractivity contribution in [2.45, 2.75) is 44.2 Å². The number of fused-ring (bicyclic) bond motifs is 2. The molecule has 2 saturated heterocycles. The van der Waals surface area contributed by atoms with Crippen LogP contribution in [-0.2, 0) is 9.59 Å². The Hall–Kier alpha value is -1.79. The van der Waals surface area contributed by atoms with E-state index in [1.54, 1.807) is 7.05 Å². The molecule has 0 aromatic carbocycles. The van der Waals surface area contributed by atoms with Gasteiger partial charge in [-0.2, -0.15) is 0 Å². The van der Waals surface area contributed by atoms with Crippen molar-refractivity contribution in [1.29, 1.82) is 0 Å². The monoisotopic (exact) mass is 283 g/mol. The van der Waals surface area contributed by atoms with E-state index < -0.39 is 11.9 Å². The first-order valence-corrected chi connectivity index (χ1v) is 6.92. The summed E-state index contributed by atoms with van der Waals surface area (Å²) < 4.78 is 0. The van der Waals surface area contributed by atoms with Crippen LogP contribution in [0, 0.1) is 5.92 Å². The Morgan fingerprint density at radius 1 is 1.25 bits per heavy atom. The quantitative estimate of drug-likeness (QED) is 0.771. The van der Waals surface area contributed by atoms with Crippen LogP contribution in [0.1, 0.15) is 32.1 Å². The predicted octanol–water partition coefficient (Wildman–Crippen LogP) is 0.241. The Bertz CT molecular complexity index is 412. The van der Waals surface area contributed by atoms with E-state index >= 15 is 0 Å². The molecular weight excluding hydrogens is 262 g/mol. The first kappa shape index (κ1) is 14.6. The summed E-state index contributed by atoms with van der Waals surface area (Å²) in [6.45, 7) is -0.0900. The van der Waals surface area contributed by atoms with E-state index in [9.17, 15) is 14.4 Å². The van der Waals surface area contributed by atoms with E-state index in [1.165, 1.54) is 4.90 Å². The summed E-state index contributed by atoms with van der Waals surface area (Å²) in [5.41, 5.74) is 5.11. The van der Waals surface area contributed by atoms with E-state index in [2.05, 4.69) is 0 Å². The van der Waals surface area contributed by atoms with Crippen LogP contribution in [0.25, 0.3) is 0 Å². The number of aliphatic carboxylic acids is 1. The second kappa shape index (κ2) is 5.68. The maximum absolute atomic E-state index is 12.4. The van der Waals surface area contributed by atoms with Crippen molar-refractivity contribution >= 4 is 17.9 Å². The zero-order chi connectivity index (χ0) is 14.9. The van der Waals surface area contributed by atoms with Gasteiger partial charge < -0.3 is 20.6 Å². The molecule has 0 aromatic heterocycles. The molecule has 0 spiro atoms. The van der Waals surface area contributed by atoms with Crippen molar-refractivity contribution in [3.8, 4) is 0 Å². The van der Waals surface area contributed by atoms with Gasteiger partial charge in [0.2, 0.25) is 5.91 Å². The van der Waals surface area contributed by atoms with E-state index in [1.807, 2.05) is 4.90 Å². The van der Waals surface area contributed by atoms with Crippen LogP contribution in [-0.4, -0.2) is 58.5 Å². The molecule has 2 aliphatic heterocycles. The molecule has 0 saturated carbocycles. The van der Waals surface area contributed by atoms with E-state index in [4.69, 9.17) is 10.8 Å². The molecule has 7 nitrogen and oxygen atoms in total. The third-order valence-electron chi connectivity index (χ3n) is 4.23. The van der Waals surface area contributed by atoms with Gasteiger partial charge in [-0.05, 0) is 31.6 Å². The van der Waals surface area contributed by atoms with Gasteiger partial charge in [0.25, 0.3) is 0 Å². The lowest BCUT2D eigenvalue weighted by atomic mass is 9.88. The Kier molecular flexibility index (Phi) is 4.15. The summed E-state index contributed by atoms with van der Waals surface area (Å²) in [5, 5.41) is 8.88. The second-order valence-corrected chi connectivity index (χ2v) is 5.83. The van der Waals surface area contributed by atoms with Crippen molar-refractivity contribution < 1.29 is 19.5 Å². The first-order valence-electron chi connectivity index (χ1n) is 6.92. The zero-order valence-corrected chi connectivity index (χ0v) is 11.6. The number of carboxylic acids is 1. The molecule has 3 N–H and O–H groups in total. The van der Waals surface area contributed by atoms with Gasteiger partial charge in [-0.3, -0.25) is 9.59 Å². The summed E-state index contributed by atoms with van der Waals surface area (Å²) in [5.74, 6) is -1.16. The highest BCUT2D eigenvalue weighted by Gasteiger charge is 2.44. The normalized spacial score (nSPS) is 28.2. The molecule has 2 fully saturated rings. The number of carboxylic acid groups (broad SMARTS) is 1. The van der Waals surface area contributed by atoms with Crippen LogP contribution in [0.4, 0.5) is 4.79 Å². The number of hydrogen-bond acceptors (Lipinski definition) is 3. The van der Waals surface area contributed by atoms with E-state index in [0.717, 1.165) is 25.7 Å². The molecule has 3 amide bonds. The van der Waals surface area contributed by atoms with Crippen LogP contribution in [0.3, 0.4) is 0 Å². The van der Waals surface area contributed by atoms with Crippen molar-refractivity contribution in [3.63, 3.8) is 0 Å². The van der Waals surface area contributed by atoms with Gasteiger partial charge in [-0.15, -0.1) is 0 Å². The number of piperidine rings is 1. The average molecular weight is 283 g/mol. The largest absolute Gasteiger partial charge is 0.481 e. The van der Waals surface area contributed by atoms with Gasteiger partial charge >= 0.3 is 12.0 Å². The Labute approximate surface area is 117 Å². The Balaban J connectivity index is 2.00. The Morgan fingerprint density at radius 2 is 1.80 bits per heavy atom. The molecule has 2 atom stereocenters. The third kappa shape index (κ3) is 3.02. The van der Waals surface area contributed by atoms with E-state index in [-0.39, 0.29) is 37.0 Å². The van der Waals surface area contributed by atoms with Gasteiger partial charge in [-0.25, -0.2) is 4.79 Å². The lowest BCUT2D eigenvalue weighted by Crippen LogP contribution is -2.52. The molecule has 2 rings (SSSR count). The number of rotatable bonds is 4. The van der Waals surface area contributed by atoms with Crippen molar-refractivity contribution in [3.05, 3.63) is 0 Å². The number of carbonyl (C=O) groups excluding carboxylic acids is 2. The molecule has 7 heteroatoms. The lowest BCUT2D eigenvalue weighted by Gasteiger charge is -2.40. The number of urea groups is 1. The molecule has 20 heavy (non-hydrogen) atoms. The summed E-state index contributed by atoms with van der Waals surface area (Å²) in [7, 11) is 1.57.